The first-order valence-electron chi connectivity index (χ1n) is 8.89. The zero-order valence-corrected chi connectivity index (χ0v) is 15.6. The van der Waals surface area contributed by atoms with Crippen LogP contribution in [0.5, 0.6) is 5.75 Å². The van der Waals surface area contributed by atoms with Crippen LogP contribution in [0.25, 0.3) is 10.9 Å². The monoisotopic (exact) mass is 398 g/mol. The molecular weight excluding hydrogens is 379 g/mol. The molecule has 1 amide bonds. The Morgan fingerprint density at radius 1 is 1.14 bits per heavy atom. The van der Waals surface area contributed by atoms with Crippen molar-refractivity contribution in [1.29, 1.82) is 0 Å². The van der Waals surface area contributed by atoms with Gasteiger partial charge in [0.1, 0.15) is 11.6 Å². The van der Waals surface area contributed by atoms with Gasteiger partial charge in [0, 0.05) is 23.2 Å². The Morgan fingerprint density at radius 3 is 2.59 bits per heavy atom. The highest BCUT2D eigenvalue weighted by molar-refractivity contribution is 6.05. The second-order valence-electron chi connectivity index (χ2n) is 6.59. The number of phenols is 1. The zero-order valence-electron chi connectivity index (χ0n) is 15.6. The van der Waals surface area contributed by atoms with E-state index in [1.54, 1.807) is 13.0 Å². The smallest absolute Gasteiger partial charge is 0.305 e. The molecule has 0 unspecified atom stereocenters. The van der Waals surface area contributed by atoms with Crippen LogP contribution in [0.15, 0.2) is 42.5 Å². The Hall–Kier alpha value is -3.68. The number of hydrogen-bond acceptors (Lipinski definition) is 4. The first-order valence-corrected chi connectivity index (χ1v) is 8.89. The minimum atomic E-state index is -1.02. The summed E-state index contributed by atoms with van der Waals surface area (Å²) in [6.07, 6.45) is -0.305. The number of aromatic nitrogens is 1. The molecule has 0 aliphatic carbocycles. The Balaban J connectivity index is 2.01. The molecule has 7 nitrogen and oxygen atoms in total. The van der Waals surface area contributed by atoms with Crippen LogP contribution in [0.4, 0.5) is 4.39 Å². The van der Waals surface area contributed by atoms with Crippen LogP contribution in [0.2, 0.25) is 0 Å². The van der Waals surface area contributed by atoms with E-state index < -0.39 is 23.6 Å². The predicted molar refractivity (Wildman–Crippen MR) is 103 cm³/mol. The Morgan fingerprint density at radius 2 is 1.90 bits per heavy atom. The lowest BCUT2D eigenvalue weighted by molar-refractivity contribution is -0.136. The number of nitrogens with zero attached hydrogens (tertiary/aromatic N) is 1. The molecule has 8 heteroatoms. The number of aliphatic carboxylic acids is 1. The molecule has 29 heavy (non-hydrogen) atoms. The Bertz CT molecular complexity index is 1120. The molecule has 3 aromatic rings. The van der Waals surface area contributed by atoms with E-state index in [0.29, 0.717) is 22.2 Å². The van der Waals surface area contributed by atoms with E-state index in [1.165, 1.54) is 34.9 Å². The molecule has 0 atom stereocenters. The highest BCUT2D eigenvalue weighted by atomic mass is 19.1. The number of rotatable bonds is 6. The van der Waals surface area contributed by atoms with Gasteiger partial charge in [0.25, 0.3) is 5.91 Å². The van der Waals surface area contributed by atoms with E-state index in [1.807, 2.05) is 0 Å². The molecule has 3 rings (SSSR count). The number of carbonyl (C=O) groups is 3. The quantitative estimate of drug-likeness (QED) is 0.592. The van der Waals surface area contributed by atoms with Crippen molar-refractivity contribution < 1.29 is 29.0 Å². The third-order valence-electron chi connectivity index (χ3n) is 4.59. The van der Waals surface area contributed by atoms with Crippen molar-refractivity contribution >= 4 is 28.7 Å². The number of amides is 1. The van der Waals surface area contributed by atoms with E-state index in [2.05, 4.69) is 5.32 Å². The molecule has 1 aromatic heterocycles. The minimum Gasteiger partial charge on any atom is -0.508 e. The van der Waals surface area contributed by atoms with Gasteiger partial charge in [-0.3, -0.25) is 19.0 Å². The summed E-state index contributed by atoms with van der Waals surface area (Å²) in [5.41, 5.74) is 1.63. The fourth-order valence-corrected chi connectivity index (χ4v) is 3.24. The van der Waals surface area contributed by atoms with Gasteiger partial charge in [-0.1, -0.05) is 6.07 Å². The van der Waals surface area contributed by atoms with E-state index in [0.717, 1.165) is 6.07 Å². The summed E-state index contributed by atoms with van der Waals surface area (Å²) in [6, 6.07) is 9.74. The van der Waals surface area contributed by atoms with Crippen LogP contribution in [-0.4, -0.2) is 39.1 Å². The maximum Gasteiger partial charge on any atom is 0.305 e. The standard InChI is InChI=1S/C21H19FN2O5/c1-12-16(11-19(26)23-8-7-20(27)28)17-10-15(25)5-6-18(17)24(12)21(29)13-3-2-4-14(22)9-13/h2-6,9-10,25H,7-8,11H2,1H3,(H,23,26)(H,27,28). The number of hydrogen-bond donors (Lipinski definition) is 3. The maximum atomic E-state index is 13.6. The summed E-state index contributed by atoms with van der Waals surface area (Å²) >= 11 is 0. The van der Waals surface area contributed by atoms with Crippen molar-refractivity contribution in [3.63, 3.8) is 0 Å². The highest BCUT2D eigenvalue weighted by Crippen LogP contribution is 2.30. The van der Waals surface area contributed by atoms with Crippen molar-refractivity contribution in [3.8, 4) is 5.75 Å². The molecule has 0 fully saturated rings. The van der Waals surface area contributed by atoms with Crippen molar-refractivity contribution in [2.45, 2.75) is 19.8 Å². The van der Waals surface area contributed by atoms with Gasteiger partial charge in [0.15, 0.2) is 0 Å². The summed E-state index contributed by atoms with van der Waals surface area (Å²) in [6.45, 7) is 1.65. The van der Waals surface area contributed by atoms with Gasteiger partial charge < -0.3 is 15.5 Å². The third kappa shape index (κ3) is 4.26. The van der Waals surface area contributed by atoms with Gasteiger partial charge >= 0.3 is 5.97 Å². The number of halogens is 1. The first-order chi connectivity index (χ1) is 13.8. The number of nitrogens with one attached hydrogen (secondary N) is 1. The fourth-order valence-electron chi connectivity index (χ4n) is 3.24. The van der Waals surface area contributed by atoms with Crippen molar-refractivity contribution in [2.75, 3.05) is 6.54 Å². The van der Waals surface area contributed by atoms with E-state index in [-0.39, 0.29) is 30.7 Å². The van der Waals surface area contributed by atoms with E-state index in [9.17, 15) is 23.9 Å². The molecule has 0 bridgehead atoms. The summed E-state index contributed by atoms with van der Waals surface area (Å²) < 4.78 is 15.0. The van der Waals surface area contributed by atoms with Gasteiger partial charge in [-0.05, 0) is 48.9 Å². The number of aromatic hydroxyl groups is 1. The molecule has 2 aromatic carbocycles. The number of carboxylic acids is 1. The van der Waals surface area contributed by atoms with Gasteiger partial charge in [0.05, 0.1) is 18.4 Å². The second kappa shape index (κ2) is 8.14. The number of carboxylic acid groups (broad SMARTS) is 1. The number of benzene rings is 2. The number of carbonyl (C=O) groups excluding carboxylic acids is 2. The molecule has 0 saturated carbocycles. The van der Waals surface area contributed by atoms with Gasteiger partial charge in [-0.15, -0.1) is 0 Å². The van der Waals surface area contributed by atoms with Crippen LogP contribution in [0.3, 0.4) is 0 Å². The summed E-state index contributed by atoms with van der Waals surface area (Å²) in [4.78, 5) is 35.9. The molecule has 3 N–H and O–H groups in total. The summed E-state index contributed by atoms with van der Waals surface area (Å²) in [7, 11) is 0. The molecule has 0 aliphatic rings. The number of fused-ring (bicyclic) bond motifs is 1. The van der Waals surface area contributed by atoms with Crippen LogP contribution in [0.1, 0.15) is 28.0 Å². The fraction of sp³-hybridized carbons (Fsp3) is 0.190. The van der Waals surface area contributed by atoms with Gasteiger partial charge in [0.2, 0.25) is 5.91 Å². The average molecular weight is 398 g/mol. The van der Waals surface area contributed by atoms with E-state index >= 15 is 0 Å². The van der Waals surface area contributed by atoms with E-state index in [4.69, 9.17) is 5.11 Å². The highest BCUT2D eigenvalue weighted by Gasteiger charge is 2.22. The molecule has 150 valence electrons. The number of phenolic OH excluding ortho intramolecular Hbond substituents is 1. The average Bonchev–Trinajstić information content (AvgIpc) is 2.92. The molecule has 0 radical (unpaired) electrons. The summed E-state index contributed by atoms with van der Waals surface area (Å²) in [5.74, 6) is -2.46. The summed E-state index contributed by atoms with van der Waals surface area (Å²) in [5, 5.41) is 21.6. The van der Waals surface area contributed by atoms with Crippen LogP contribution in [-0.2, 0) is 16.0 Å². The van der Waals surface area contributed by atoms with Crippen molar-refractivity contribution in [3.05, 3.63) is 65.1 Å². The molecular formula is C21H19FN2O5. The van der Waals surface area contributed by atoms with Gasteiger partial charge in [-0.25, -0.2) is 4.39 Å². The third-order valence-corrected chi connectivity index (χ3v) is 4.59. The normalized spacial score (nSPS) is 10.8. The largest absolute Gasteiger partial charge is 0.508 e. The Labute approximate surface area is 165 Å². The minimum absolute atomic E-state index is 0.0146. The molecule has 0 aliphatic heterocycles. The van der Waals surface area contributed by atoms with Crippen LogP contribution >= 0.6 is 0 Å². The van der Waals surface area contributed by atoms with Crippen LogP contribution in [0, 0.1) is 12.7 Å². The lowest BCUT2D eigenvalue weighted by Crippen LogP contribution is -2.27. The van der Waals surface area contributed by atoms with Crippen LogP contribution < -0.4 is 5.32 Å². The lowest BCUT2D eigenvalue weighted by Gasteiger charge is -2.08. The maximum absolute atomic E-state index is 13.6. The van der Waals surface area contributed by atoms with Gasteiger partial charge in [-0.2, -0.15) is 0 Å². The van der Waals surface area contributed by atoms with Crippen molar-refractivity contribution in [2.24, 2.45) is 0 Å². The SMILES string of the molecule is Cc1c(CC(=O)NCCC(=O)O)c2cc(O)ccc2n1C(=O)c1cccc(F)c1. The topological polar surface area (TPSA) is 109 Å². The Kier molecular flexibility index (Phi) is 5.63. The zero-order chi connectivity index (χ0) is 21.1. The molecule has 0 saturated heterocycles. The lowest BCUT2D eigenvalue weighted by atomic mass is 10.1. The molecule has 1 heterocycles. The predicted octanol–water partition coefficient (Wildman–Crippen LogP) is 2.62. The molecule has 0 spiro atoms. The first kappa shape index (κ1) is 20.1. The van der Waals surface area contributed by atoms with Crippen molar-refractivity contribution in [1.82, 2.24) is 9.88 Å². The second-order valence-corrected chi connectivity index (χ2v) is 6.59.